The molecule has 3 rings (SSSR count). The monoisotopic (exact) mass is 454 g/mol. The topological polar surface area (TPSA) is 114 Å². The number of aliphatic carboxylic acids is 1. The number of fused-ring (bicyclic) bond motifs is 3. The fraction of sp³-hybridized carbons (Fsp3) is 0.400. The molecule has 0 saturated carbocycles. The van der Waals surface area contributed by atoms with Crippen LogP contribution in [-0.2, 0) is 19.1 Å². The summed E-state index contributed by atoms with van der Waals surface area (Å²) < 4.78 is 10.8. The average molecular weight is 455 g/mol. The van der Waals surface area contributed by atoms with E-state index >= 15 is 0 Å². The van der Waals surface area contributed by atoms with Crippen LogP contribution in [0.2, 0.25) is 0 Å². The number of carboxylic acid groups (broad SMARTS) is 1. The van der Waals surface area contributed by atoms with Crippen molar-refractivity contribution in [1.29, 1.82) is 0 Å². The lowest BCUT2D eigenvalue weighted by molar-refractivity contribution is -0.137. The van der Waals surface area contributed by atoms with Gasteiger partial charge in [0.05, 0.1) is 19.6 Å². The zero-order valence-electron chi connectivity index (χ0n) is 18.7. The molecule has 176 valence electrons. The Morgan fingerprint density at radius 1 is 1.00 bits per heavy atom. The predicted octanol–water partition coefficient (Wildman–Crippen LogP) is 3.30. The van der Waals surface area contributed by atoms with Crippen LogP contribution in [0.5, 0.6) is 0 Å². The summed E-state index contributed by atoms with van der Waals surface area (Å²) in [5.74, 6) is -1.20. The molecule has 0 unspecified atom stereocenters. The third kappa shape index (κ3) is 6.79. The summed E-state index contributed by atoms with van der Waals surface area (Å²) in [5.41, 5.74) is 4.66. The second-order valence-corrected chi connectivity index (χ2v) is 7.89. The second kappa shape index (κ2) is 12.0. The molecule has 0 heterocycles. The number of carboxylic acids is 1. The molecular weight excluding hydrogens is 424 g/mol. The van der Waals surface area contributed by atoms with Crippen LogP contribution in [-0.4, -0.2) is 55.5 Å². The van der Waals surface area contributed by atoms with Crippen LogP contribution >= 0.6 is 0 Å². The van der Waals surface area contributed by atoms with Crippen molar-refractivity contribution in [2.45, 2.75) is 38.1 Å². The molecule has 3 N–H and O–H groups in total. The van der Waals surface area contributed by atoms with Gasteiger partial charge >= 0.3 is 12.1 Å². The first kappa shape index (κ1) is 24.3. The Morgan fingerprint density at radius 3 is 2.24 bits per heavy atom. The maximum absolute atomic E-state index is 12.1. The zero-order chi connectivity index (χ0) is 23.6. The Morgan fingerprint density at radius 2 is 1.64 bits per heavy atom. The van der Waals surface area contributed by atoms with Crippen molar-refractivity contribution < 1.29 is 29.0 Å². The number of alkyl carbamates (subject to hydrolysis) is 1. The second-order valence-electron chi connectivity index (χ2n) is 7.89. The van der Waals surface area contributed by atoms with Crippen molar-refractivity contribution in [1.82, 2.24) is 10.6 Å². The van der Waals surface area contributed by atoms with Crippen LogP contribution in [0, 0.1) is 0 Å². The lowest BCUT2D eigenvalue weighted by atomic mass is 9.98. The van der Waals surface area contributed by atoms with Gasteiger partial charge in [-0.25, -0.2) is 4.79 Å². The Balaban J connectivity index is 1.33. The Hall–Kier alpha value is -3.39. The summed E-state index contributed by atoms with van der Waals surface area (Å²) in [7, 11) is 0. The van der Waals surface area contributed by atoms with Gasteiger partial charge in [0.1, 0.15) is 6.61 Å². The van der Waals surface area contributed by atoms with Crippen molar-refractivity contribution in [3.05, 3.63) is 59.7 Å². The minimum absolute atomic E-state index is 0.00554. The molecule has 2 aromatic carbocycles. The van der Waals surface area contributed by atoms with Crippen LogP contribution in [0.25, 0.3) is 11.1 Å². The first-order valence-electron chi connectivity index (χ1n) is 11.2. The van der Waals surface area contributed by atoms with E-state index in [1.165, 1.54) is 11.1 Å². The maximum Gasteiger partial charge on any atom is 0.407 e. The van der Waals surface area contributed by atoms with Crippen LogP contribution in [0.15, 0.2) is 48.5 Å². The summed E-state index contributed by atoms with van der Waals surface area (Å²) in [6.45, 7) is 2.75. The molecular formula is C25H30N2O6. The normalized spacial score (nSPS) is 13.0. The van der Waals surface area contributed by atoms with Gasteiger partial charge in [-0.05, 0) is 28.7 Å². The van der Waals surface area contributed by atoms with Crippen molar-refractivity contribution in [3.8, 4) is 11.1 Å². The molecule has 2 amide bonds. The van der Waals surface area contributed by atoms with E-state index in [2.05, 4.69) is 34.9 Å². The fourth-order valence-electron chi connectivity index (χ4n) is 3.95. The number of carbonyl (C=O) groups excluding carboxylic acids is 2. The molecule has 0 saturated heterocycles. The van der Waals surface area contributed by atoms with E-state index in [1.807, 2.05) is 31.2 Å². The lowest BCUT2D eigenvalue weighted by Crippen LogP contribution is -2.36. The average Bonchev–Trinajstić information content (AvgIpc) is 3.13. The molecule has 33 heavy (non-hydrogen) atoms. The highest BCUT2D eigenvalue weighted by Gasteiger charge is 2.28. The van der Waals surface area contributed by atoms with E-state index in [0.29, 0.717) is 6.42 Å². The van der Waals surface area contributed by atoms with Gasteiger partial charge in [-0.1, -0.05) is 55.5 Å². The molecule has 1 aliphatic rings. The number of ether oxygens (including phenoxy) is 2. The quantitative estimate of drug-likeness (QED) is 0.424. The van der Waals surface area contributed by atoms with Gasteiger partial charge in [0.25, 0.3) is 0 Å². The highest BCUT2D eigenvalue weighted by atomic mass is 16.5. The standard InChI is InChI=1S/C25H30N2O6/c1-2-17(15-24(29)30)27-23(28)11-13-32-14-12-26-25(31)33-16-22-20-9-5-3-7-18(20)19-8-4-6-10-21(19)22/h3-10,17,22H,2,11-16H2,1H3,(H,26,31)(H,27,28)(H,29,30)/t17-/m1/s1. The molecule has 0 spiro atoms. The van der Waals surface area contributed by atoms with E-state index in [-0.39, 0.29) is 57.1 Å². The number of nitrogens with one attached hydrogen (secondary N) is 2. The minimum atomic E-state index is -0.947. The highest BCUT2D eigenvalue weighted by Crippen LogP contribution is 2.44. The number of rotatable bonds is 12. The first-order chi connectivity index (χ1) is 16.0. The van der Waals surface area contributed by atoms with E-state index in [9.17, 15) is 14.4 Å². The number of amides is 2. The van der Waals surface area contributed by atoms with Gasteiger partial charge in [0, 0.05) is 24.9 Å². The number of benzene rings is 2. The Labute approximate surface area is 193 Å². The van der Waals surface area contributed by atoms with Crippen LogP contribution in [0.4, 0.5) is 4.79 Å². The van der Waals surface area contributed by atoms with Crippen LogP contribution in [0.1, 0.15) is 43.2 Å². The SMILES string of the molecule is CC[C@H](CC(=O)O)NC(=O)CCOCCNC(=O)OCC1c2ccccc2-c2ccccc21. The van der Waals surface area contributed by atoms with Crippen LogP contribution in [0.3, 0.4) is 0 Å². The van der Waals surface area contributed by atoms with Gasteiger partial charge in [-0.2, -0.15) is 0 Å². The van der Waals surface area contributed by atoms with Crippen molar-refractivity contribution in [2.24, 2.45) is 0 Å². The largest absolute Gasteiger partial charge is 0.481 e. The Bertz CT molecular complexity index is 931. The molecule has 0 bridgehead atoms. The van der Waals surface area contributed by atoms with E-state index in [4.69, 9.17) is 14.6 Å². The minimum Gasteiger partial charge on any atom is -0.481 e. The van der Waals surface area contributed by atoms with Gasteiger partial charge in [0.15, 0.2) is 0 Å². The van der Waals surface area contributed by atoms with Crippen molar-refractivity contribution in [2.75, 3.05) is 26.4 Å². The van der Waals surface area contributed by atoms with Crippen LogP contribution < -0.4 is 10.6 Å². The number of carbonyl (C=O) groups is 3. The third-order valence-electron chi connectivity index (χ3n) is 5.61. The lowest BCUT2D eigenvalue weighted by Gasteiger charge is -2.15. The number of hydrogen-bond acceptors (Lipinski definition) is 5. The Kier molecular flexibility index (Phi) is 8.83. The summed E-state index contributed by atoms with van der Waals surface area (Å²) >= 11 is 0. The molecule has 0 fully saturated rings. The van der Waals surface area contributed by atoms with Gasteiger partial charge in [-0.3, -0.25) is 9.59 Å². The van der Waals surface area contributed by atoms with Gasteiger partial charge in [0.2, 0.25) is 5.91 Å². The van der Waals surface area contributed by atoms with E-state index in [0.717, 1.165) is 11.1 Å². The highest BCUT2D eigenvalue weighted by molar-refractivity contribution is 5.79. The van der Waals surface area contributed by atoms with Gasteiger partial charge < -0.3 is 25.2 Å². The molecule has 8 heteroatoms. The molecule has 0 radical (unpaired) electrons. The third-order valence-corrected chi connectivity index (χ3v) is 5.61. The smallest absolute Gasteiger partial charge is 0.407 e. The molecule has 0 aliphatic heterocycles. The predicted molar refractivity (Wildman–Crippen MR) is 123 cm³/mol. The van der Waals surface area contributed by atoms with Crippen molar-refractivity contribution >= 4 is 18.0 Å². The molecule has 1 aliphatic carbocycles. The summed E-state index contributed by atoms with van der Waals surface area (Å²) in [4.78, 5) is 34.7. The van der Waals surface area contributed by atoms with Crippen molar-refractivity contribution in [3.63, 3.8) is 0 Å². The van der Waals surface area contributed by atoms with Gasteiger partial charge in [-0.15, -0.1) is 0 Å². The zero-order valence-corrected chi connectivity index (χ0v) is 18.7. The summed E-state index contributed by atoms with van der Waals surface area (Å²) in [5, 5.41) is 14.1. The molecule has 8 nitrogen and oxygen atoms in total. The van der Waals surface area contributed by atoms with E-state index < -0.39 is 12.1 Å². The molecule has 2 aromatic rings. The first-order valence-corrected chi connectivity index (χ1v) is 11.2. The molecule has 0 aromatic heterocycles. The van der Waals surface area contributed by atoms with E-state index in [1.54, 1.807) is 0 Å². The molecule has 1 atom stereocenters. The maximum atomic E-state index is 12.1. The fourth-order valence-corrected chi connectivity index (χ4v) is 3.95. The number of hydrogen-bond donors (Lipinski definition) is 3. The summed E-state index contributed by atoms with van der Waals surface area (Å²) in [6, 6.07) is 15.9. The summed E-state index contributed by atoms with van der Waals surface area (Å²) in [6.07, 6.45) is 0.0506.